The van der Waals surface area contributed by atoms with Crippen molar-refractivity contribution in [3.05, 3.63) is 124 Å². The number of pyridine rings is 1. The third-order valence-electron chi connectivity index (χ3n) is 5.55. The molecule has 2 aromatic heterocycles. The van der Waals surface area contributed by atoms with Crippen LogP contribution in [0.25, 0.3) is 10.9 Å². The average Bonchev–Trinajstić information content (AvgIpc) is 3.34. The number of imidazole rings is 1. The number of phenolic OH excluding ortho intramolecular Hbond substituents is 1. The fourth-order valence-electron chi connectivity index (χ4n) is 4.03. The maximum Gasteiger partial charge on any atom is 0.196 e. The van der Waals surface area contributed by atoms with E-state index >= 15 is 0 Å². The van der Waals surface area contributed by atoms with Gasteiger partial charge in [0.05, 0.1) is 16.9 Å². The zero-order valence-corrected chi connectivity index (χ0v) is 18.4. The van der Waals surface area contributed by atoms with Crippen LogP contribution in [0.5, 0.6) is 5.75 Å². The molecule has 0 unspecified atom stereocenters. The molecule has 0 bridgehead atoms. The molecular formula is C27H20ClN3O2. The van der Waals surface area contributed by atoms with Crippen molar-refractivity contribution in [2.75, 3.05) is 0 Å². The summed E-state index contributed by atoms with van der Waals surface area (Å²) >= 11 is 6.42. The van der Waals surface area contributed by atoms with Crippen molar-refractivity contribution in [1.82, 2.24) is 14.5 Å². The minimum atomic E-state index is -0.302. The lowest BCUT2D eigenvalue weighted by Gasteiger charge is -2.12. The van der Waals surface area contributed by atoms with Crippen LogP contribution < -0.4 is 0 Å². The maximum absolute atomic E-state index is 13.6. The maximum atomic E-state index is 13.6. The topological polar surface area (TPSA) is 68.0 Å². The normalized spacial score (nSPS) is 11.1. The Morgan fingerprint density at radius 1 is 0.939 bits per heavy atom. The molecule has 0 fully saturated rings. The number of ketones is 1. The van der Waals surface area contributed by atoms with Crippen molar-refractivity contribution >= 4 is 28.3 Å². The second-order valence-corrected chi connectivity index (χ2v) is 8.33. The number of rotatable bonds is 6. The van der Waals surface area contributed by atoms with Gasteiger partial charge in [0.2, 0.25) is 0 Å². The van der Waals surface area contributed by atoms with Gasteiger partial charge < -0.3 is 9.67 Å². The first-order valence-electron chi connectivity index (χ1n) is 10.5. The third kappa shape index (κ3) is 4.36. The molecule has 0 aliphatic rings. The predicted molar refractivity (Wildman–Crippen MR) is 129 cm³/mol. The Morgan fingerprint density at radius 2 is 1.76 bits per heavy atom. The Kier molecular flexibility index (Phi) is 5.63. The predicted octanol–water partition coefficient (Wildman–Crippen LogP) is 5.66. The molecule has 5 aromatic rings. The second kappa shape index (κ2) is 8.88. The molecule has 0 amide bonds. The quantitative estimate of drug-likeness (QED) is 0.337. The SMILES string of the molecule is O=C(c1cc(Cc2ccccc2)cc(Cn2ccnc2)c1)c1cc(Cl)c2cccnc2c1O. The molecule has 0 aliphatic heterocycles. The van der Waals surface area contributed by atoms with Crippen LogP contribution in [0.3, 0.4) is 0 Å². The lowest BCUT2D eigenvalue weighted by molar-refractivity contribution is 0.103. The highest BCUT2D eigenvalue weighted by atomic mass is 35.5. The Labute approximate surface area is 195 Å². The summed E-state index contributed by atoms with van der Waals surface area (Å²) < 4.78 is 1.95. The number of nitrogens with zero attached hydrogens (tertiary/aromatic N) is 3. The van der Waals surface area contributed by atoms with Crippen LogP contribution in [0.2, 0.25) is 5.02 Å². The number of aromatic hydroxyl groups is 1. The van der Waals surface area contributed by atoms with Crippen molar-refractivity contribution in [2.45, 2.75) is 13.0 Å². The highest BCUT2D eigenvalue weighted by Crippen LogP contribution is 2.34. The average molecular weight is 454 g/mol. The lowest BCUT2D eigenvalue weighted by atomic mass is 9.94. The van der Waals surface area contributed by atoms with Crippen LogP contribution in [0.4, 0.5) is 0 Å². The highest BCUT2D eigenvalue weighted by Gasteiger charge is 2.20. The van der Waals surface area contributed by atoms with Gasteiger partial charge in [-0.15, -0.1) is 0 Å². The summed E-state index contributed by atoms with van der Waals surface area (Å²) in [7, 11) is 0. The molecule has 0 atom stereocenters. The van der Waals surface area contributed by atoms with E-state index in [2.05, 4.69) is 28.2 Å². The van der Waals surface area contributed by atoms with Gasteiger partial charge in [-0.2, -0.15) is 0 Å². The molecule has 6 heteroatoms. The Balaban J connectivity index is 1.59. The first-order chi connectivity index (χ1) is 16.1. The molecule has 0 saturated carbocycles. The van der Waals surface area contributed by atoms with Gasteiger partial charge in [0.1, 0.15) is 5.52 Å². The van der Waals surface area contributed by atoms with Crippen LogP contribution in [-0.4, -0.2) is 25.4 Å². The molecule has 0 aliphatic carbocycles. The molecule has 2 heterocycles. The second-order valence-electron chi connectivity index (χ2n) is 7.92. The van der Waals surface area contributed by atoms with E-state index in [0.29, 0.717) is 34.5 Å². The zero-order chi connectivity index (χ0) is 22.8. The summed E-state index contributed by atoms with van der Waals surface area (Å²) in [6.07, 6.45) is 7.60. The van der Waals surface area contributed by atoms with E-state index in [0.717, 1.165) is 16.7 Å². The lowest BCUT2D eigenvalue weighted by Crippen LogP contribution is -2.07. The number of hydrogen-bond acceptors (Lipinski definition) is 4. The Bertz CT molecular complexity index is 1450. The molecule has 33 heavy (non-hydrogen) atoms. The van der Waals surface area contributed by atoms with Crippen molar-refractivity contribution in [3.63, 3.8) is 0 Å². The smallest absolute Gasteiger partial charge is 0.196 e. The number of carbonyl (C=O) groups excluding carboxylic acids is 1. The van der Waals surface area contributed by atoms with Crippen LogP contribution in [0.1, 0.15) is 32.6 Å². The van der Waals surface area contributed by atoms with Gasteiger partial charge in [-0.25, -0.2) is 4.98 Å². The van der Waals surface area contributed by atoms with E-state index in [9.17, 15) is 9.90 Å². The van der Waals surface area contributed by atoms with Gasteiger partial charge in [-0.05, 0) is 53.4 Å². The van der Waals surface area contributed by atoms with E-state index in [1.165, 1.54) is 6.07 Å². The fraction of sp³-hybridized carbons (Fsp3) is 0.0741. The zero-order valence-electron chi connectivity index (χ0n) is 17.6. The Morgan fingerprint density at radius 3 is 2.55 bits per heavy atom. The summed E-state index contributed by atoms with van der Waals surface area (Å²) in [5.41, 5.74) is 4.06. The summed E-state index contributed by atoms with van der Waals surface area (Å²) in [6, 6.07) is 20.9. The molecule has 5 rings (SSSR count). The van der Waals surface area contributed by atoms with Gasteiger partial charge in [0.15, 0.2) is 11.5 Å². The highest BCUT2D eigenvalue weighted by molar-refractivity contribution is 6.36. The van der Waals surface area contributed by atoms with E-state index in [-0.39, 0.29) is 17.1 Å². The van der Waals surface area contributed by atoms with E-state index in [4.69, 9.17) is 11.6 Å². The van der Waals surface area contributed by atoms with Crippen molar-refractivity contribution in [1.29, 1.82) is 0 Å². The number of aromatic nitrogens is 3. The molecule has 162 valence electrons. The largest absolute Gasteiger partial charge is 0.505 e. The minimum absolute atomic E-state index is 0.136. The number of carbonyl (C=O) groups is 1. The number of hydrogen-bond donors (Lipinski definition) is 1. The van der Waals surface area contributed by atoms with Crippen LogP contribution >= 0.6 is 11.6 Å². The van der Waals surface area contributed by atoms with Crippen molar-refractivity contribution < 1.29 is 9.90 Å². The van der Waals surface area contributed by atoms with Gasteiger partial charge in [0.25, 0.3) is 0 Å². The Hall–Kier alpha value is -3.96. The monoisotopic (exact) mass is 453 g/mol. The van der Waals surface area contributed by atoms with E-state index in [1.54, 1.807) is 30.9 Å². The molecule has 0 saturated heterocycles. The summed E-state index contributed by atoms with van der Waals surface area (Å²) in [5, 5.41) is 11.8. The van der Waals surface area contributed by atoms with Gasteiger partial charge >= 0.3 is 0 Å². The van der Waals surface area contributed by atoms with Gasteiger partial charge in [-0.1, -0.05) is 48.0 Å². The van der Waals surface area contributed by atoms with Gasteiger partial charge in [0, 0.05) is 36.1 Å². The molecule has 3 aromatic carbocycles. The van der Waals surface area contributed by atoms with Crippen LogP contribution in [0, 0.1) is 0 Å². The van der Waals surface area contributed by atoms with E-state index in [1.807, 2.05) is 41.1 Å². The molecule has 0 spiro atoms. The fourth-order valence-corrected chi connectivity index (χ4v) is 4.29. The van der Waals surface area contributed by atoms with Crippen LogP contribution in [0.15, 0.2) is 91.6 Å². The number of phenols is 1. The molecule has 0 radical (unpaired) electrons. The number of benzene rings is 3. The van der Waals surface area contributed by atoms with E-state index < -0.39 is 0 Å². The van der Waals surface area contributed by atoms with Gasteiger partial charge in [-0.3, -0.25) is 9.78 Å². The first-order valence-corrected chi connectivity index (χ1v) is 10.9. The standard InChI is InChI=1S/C27H20ClN3O2/c28-24-15-23(27(33)25-22(24)7-4-8-30-25)26(32)21-13-19(11-18-5-2-1-3-6-18)12-20(14-21)16-31-10-9-29-17-31/h1-10,12-15,17,33H,11,16H2. The first kappa shape index (κ1) is 20.9. The van der Waals surface area contributed by atoms with Crippen molar-refractivity contribution in [3.8, 4) is 5.75 Å². The third-order valence-corrected chi connectivity index (χ3v) is 5.86. The molecule has 5 nitrogen and oxygen atoms in total. The summed E-state index contributed by atoms with van der Waals surface area (Å²) in [4.78, 5) is 21.9. The summed E-state index contributed by atoms with van der Waals surface area (Å²) in [5.74, 6) is -0.464. The molecular weight excluding hydrogens is 434 g/mol. The van der Waals surface area contributed by atoms with Crippen LogP contribution in [-0.2, 0) is 13.0 Å². The molecule has 1 N–H and O–H groups in total. The minimum Gasteiger partial charge on any atom is -0.505 e. The van der Waals surface area contributed by atoms with Crippen molar-refractivity contribution in [2.24, 2.45) is 0 Å². The number of fused-ring (bicyclic) bond motifs is 1. The summed E-state index contributed by atoms with van der Waals surface area (Å²) in [6.45, 7) is 0.578. The number of halogens is 1.